The van der Waals surface area contributed by atoms with Gasteiger partial charge in [-0.2, -0.15) is 0 Å². The third kappa shape index (κ3) is 2.22. The second-order valence-corrected chi connectivity index (χ2v) is 4.15. The SMILES string of the molecule is O=C(O)CC(CCl)n1cc(O)c2ccccc21. The van der Waals surface area contributed by atoms with Gasteiger partial charge in [0.15, 0.2) is 0 Å². The van der Waals surface area contributed by atoms with Crippen molar-refractivity contribution in [3.05, 3.63) is 30.5 Å². The Morgan fingerprint density at radius 3 is 2.76 bits per heavy atom. The Morgan fingerprint density at radius 1 is 1.41 bits per heavy atom. The number of benzene rings is 1. The molecule has 1 atom stereocenters. The predicted molar refractivity (Wildman–Crippen MR) is 65.6 cm³/mol. The molecule has 1 aromatic carbocycles. The Labute approximate surface area is 103 Å². The van der Waals surface area contributed by atoms with Crippen molar-refractivity contribution >= 4 is 28.5 Å². The summed E-state index contributed by atoms with van der Waals surface area (Å²) in [6.07, 6.45) is 1.46. The Hall–Kier alpha value is -1.68. The molecule has 0 saturated carbocycles. The van der Waals surface area contributed by atoms with Crippen LogP contribution in [0.25, 0.3) is 10.9 Å². The zero-order valence-electron chi connectivity index (χ0n) is 9.01. The molecule has 1 aromatic heterocycles. The molecule has 2 rings (SSSR count). The molecular weight excluding hydrogens is 242 g/mol. The zero-order valence-corrected chi connectivity index (χ0v) is 9.76. The van der Waals surface area contributed by atoms with E-state index in [1.165, 1.54) is 6.20 Å². The summed E-state index contributed by atoms with van der Waals surface area (Å²) in [5.74, 6) is -0.584. The number of hydrogen-bond acceptors (Lipinski definition) is 2. The van der Waals surface area contributed by atoms with Gasteiger partial charge in [0, 0.05) is 17.5 Å². The van der Waals surface area contributed by atoms with E-state index in [-0.39, 0.29) is 24.1 Å². The van der Waals surface area contributed by atoms with Crippen LogP contribution in [0.3, 0.4) is 0 Å². The molecule has 0 amide bonds. The normalized spacial score (nSPS) is 12.8. The molecule has 4 nitrogen and oxygen atoms in total. The highest BCUT2D eigenvalue weighted by molar-refractivity contribution is 6.18. The van der Waals surface area contributed by atoms with Crippen LogP contribution in [-0.4, -0.2) is 26.6 Å². The zero-order chi connectivity index (χ0) is 12.4. The van der Waals surface area contributed by atoms with Gasteiger partial charge in [-0.15, -0.1) is 11.6 Å². The summed E-state index contributed by atoms with van der Waals surface area (Å²) in [5.41, 5.74) is 0.789. The topological polar surface area (TPSA) is 62.5 Å². The average molecular weight is 254 g/mol. The van der Waals surface area contributed by atoms with Crippen LogP contribution in [0.15, 0.2) is 30.5 Å². The maximum Gasteiger partial charge on any atom is 0.305 e. The number of halogens is 1. The number of aromatic nitrogens is 1. The Bertz CT molecular complexity index is 550. The summed E-state index contributed by atoms with van der Waals surface area (Å²) in [6.45, 7) is 0. The van der Waals surface area contributed by atoms with E-state index in [4.69, 9.17) is 16.7 Å². The Kier molecular flexibility index (Phi) is 3.24. The molecule has 0 aliphatic carbocycles. The van der Waals surface area contributed by atoms with Crippen LogP contribution >= 0.6 is 11.6 Å². The number of fused-ring (bicyclic) bond motifs is 1. The third-order valence-electron chi connectivity index (χ3n) is 2.70. The summed E-state index contributed by atoms with van der Waals surface area (Å²) < 4.78 is 1.71. The van der Waals surface area contributed by atoms with Gasteiger partial charge in [0.25, 0.3) is 0 Å². The quantitative estimate of drug-likeness (QED) is 0.824. The van der Waals surface area contributed by atoms with Crippen LogP contribution in [0.5, 0.6) is 5.75 Å². The number of aliphatic carboxylic acids is 1. The van der Waals surface area contributed by atoms with Crippen molar-refractivity contribution in [2.45, 2.75) is 12.5 Å². The highest BCUT2D eigenvalue weighted by Crippen LogP contribution is 2.30. The number of nitrogens with zero attached hydrogens (tertiary/aromatic N) is 1. The maximum atomic E-state index is 10.8. The summed E-state index contributed by atoms with van der Waals surface area (Å²) in [7, 11) is 0. The van der Waals surface area contributed by atoms with E-state index < -0.39 is 5.97 Å². The van der Waals surface area contributed by atoms with Crippen LogP contribution in [0, 0.1) is 0 Å². The Morgan fingerprint density at radius 2 is 2.12 bits per heavy atom. The minimum Gasteiger partial charge on any atom is -0.506 e. The minimum absolute atomic E-state index is 0.0678. The van der Waals surface area contributed by atoms with Gasteiger partial charge in [-0.05, 0) is 12.1 Å². The molecule has 2 aromatic rings. The van der Waals surface area contributed by atoms with Crippen LogP contribution in [0.2, 0.25) is 0 Å². The van der Waals surface area contributed by atoms with Crippen molar-refractivity contribution < 1.29 is 15.0 Å². The Balaban J connectivity index is 2.50. The number of carboxylic acids is 1. The first-order valence-corrected chi connectivity index (χ1v) is 5.73. The highest BCUT2D eigenvalue weighted by atomic mass is 35.5. The van der Waals surface area contributed by atoms with Gasteiger partial charge in [-0.1, -0.05) is 12.1 Å². The number of hydrogen-bond donors (Lipinski definition) is 2. The lowest BCUT2D eigenvalue weighted by Gasteiger charge is -2.14. The van der Waals surface area contributed by atoms with E-state index in [9.17, 15) is 9.90 Å². The maximum absolute atomic E-state index is 10.8. The van der Waals surface area contributed by atoms with E-state index in [0.29, 0.717) is 5.39 Å². The van der Waals surface area contributed by atoms with Crippen molar-refractivity contribution in [2.24, 2.45) is 0 Å². The number of para-hydroxylation sites is 1. The lowest BCUT2D eigenvalue weighted by atomic mass is 10.2. The van der Waals surface area contributed by atoms with Crippen molar-refractivity contribution in [3.63, 3.8) is 0 Å². The second kappa shape index (κ2) is 4.67. The van der Waals surface area contributed by atoms with E-state index in [1.54, 1.807) is 10.6 Å². The largest absolute Gasteiger partial charge is 0.506 e. The van der Waals surface area contributed by atoms with Gasteiger partial charge in [0.2, 0.25) is 0 Å². The first-order valence-electron chi connectivity index (χ1n) is 5.19. The monoisotopic (exact) mass is 253 g/mol. The first kappa shape index (κ1) is 11.8. The van der Waals surface area contributed by atoms with E-state index >= 15 is 0 Å². The van der Waals surface area contributed by atoms with Crippen molar-refractivity contribution in [1.29, 1.82) is 0 Å². The van der Waals surface area contributed by atoms with E-state index in [2.05, 4.69) is 0 Å². The van der Waals surface area contributed by atoms with Gasteiger partial charge >= 0.3 is 5.97 Å². The van der Waals surface area contributed by atoms with Gasteiger partial charge in [0.1, 0.15) is 5.75 Å². The molecule has 17 heavy (non-hydrogen) atoms. The summed E-state index contributed by atoms with van der Waals surface area (Å²) >= 11 is 5.79. The number of rotatable bonds is 4. The first-order chi connectivity index (χ1) is 8.13. The standard InChI is InChI=1S/C12H12ClNO3/c13-6-8(5-12(16)17)14-7-11(15)9-3-1-2-4-10(9)14/h1-4,7-8,15H,5-6H2,(H,16,17). The fraction of sp³-hybridized carbons (Fsp3) is 0.250. The molecule has 90 valence electrons. The molecule has 0 aliphatic rings. The number of carbonyl (C=O) groups is 1. The highest BCUT2D eigenvalue weighted by Gasteiger charge is 2.17. The molecule has 0 radical (unpaired) electrons. The minimum atomic E-state index is -0.909. The van der Waals surface area contributed by atoms with Crippen LogP contribution in [0.4, 0.5) is 0 Å². The third-order valence-corrected chi connectivity index (χ3v) is 3.06. The average Bonchev–Trinajstić information content (AvgIpc) is 2.64. The summed E-state index contributed by atoms with van der Waals surface area (Å²) in [4.78, 5) is 10.8. The molecule has 0 aliphatic heterocycles. The number of aromatic hydroxyl groups is 1. The molecule has 0 fully saturated rings. The molecule has 0 spiro atoms. The van der Waals surface area contributed by atoms with Crippen LogP contribution < -0.4 is 0 Å². The molecule has 0 saturated heterocycles. The summed E-state index contributed by atoms with van der Waals surface area (Å²) in [5, 5.41) is 19.3. The molecule has 1 unspecified atom stereocenters. The summed E-state index contributed by atoms with van der Waals surface area (Å²) in [6, 6.07) is 6.91. The smallest absolute Gasteiger partial charge is 0.305 e. The predicted octanol–water partition coefficient (Wildman–Crippen LogP) is 2.60. The van der Waals surface area contributed by atoms with Crippen molar-refractivity contribution in [2.75, 3.05) is 5.88 Å². The van der Waals surface area contributed by atoms with Crippen LogP contribution in [-0.2, 0) is 4.79 Å². The van der Waals surface area contributed by atoms with Crippen molar-refractivity contribution in [1.82, 2.24) is 4.57 Å². The molecular formula is C12H12ClNO3. The number of alkyl halides is 1. The lowest BCUT2D eigenvalue weighted by molar-refractivity contribution is -0.137. The van der Waals surface area contributed by atoms with Gasteiger partial charge in [0.05, 0.1) is 18.0 Å². The van der Waals surface area contributed by atoms with Gasteiger partial charge < -0.3 is 14.8 Å². The molecule has 0 bridgehead atoms. The van der Waals surface area contributed by atoms with E-state index in [1.807, 2.05) is 18.2 Å². The van der Waals surface area contributed by atoms with Crippen LogP contribution in [0.1, 0.15) is 12.5 Å². The number of carboxylic acid groups (broad SMARTS) is 1. The lowest BCUT2D eigenvalue weighted by Crippen LogP contribution is -2.14. The van der Waals surface area contributed by atoms with Crippen molar-refractivity contribution in [3.8, 4) is 5.75 Å². The fourth-order valence-electron chi connectivity index (χ4n) is 1.92. The van der Waals surface area contributed by atoms with Gasteiger partial charge in [-0.25, -0.2) is 0 Å². The van der Waals surface area contributed by atoms with E-state index in [0.717, 1.165) is 5.52 Å². The van der Waals surface area contributed by atoms with Gasteiger partial charge in [-0.3, -0.25) is 4.79 Å². The second-order valence-electron chi connectivity index (χ2n) is 3.84. The molecule has 2 N–H and O–H groups in total. The fourth-order valence-corrected chi connectivity index (χ4v) is 2.17. The molecule has 1 heterocycles. The molecule has 5 heteroatoms.